The van der Waals surface area contributed by atoms with Gasteiger partial charge < -0.3 is 10.1 Å². The van der Waals surface area contributed by atoms with Gasteiger partial charge in [0.25, 0.3) is 11.6 Å². The third kappa shape index (κ3) is 5.16. The predicted octanol–water partition coefficient (Wildman–Crippen LogP) is 2.46. The molecule has 8 heteroatoms. The molecule has 0 heterocycles. The third-order valence-corrected chi connectivity index (χ3v) is 2.99. The zero-order chi connectivity index (χ0) is 17.5. The molecule has 2 aromatic carbocycles. The lowest BCUT2D eigenvalue weighted by Crippen LogP contribution is -2.21. The van der Waals surface area contributed by atoms with Crippen LogP contribution in [0, 0.1) is 15.9 Å². The van der Waals surface area contributed by atoms with Crippen molar-refractivity contribution in [3.8, 4) is 0 Å². The molecule has 124 valence electrons. The quantitative estimate of drug-likeness (QED) is 0.498. The zero-order valence-corrected chi connectivity index (χ0v) is 12.4. The first-order chi connectivity index (χ1) is 11.4. The van der Waals surface area contributed by atoms with Gasteiger partial charge in [0.1, 0.15) is 5.82 Å². The molecule has 0 aromatic heterocycles. The number of nitro groups is 1. The number of rotatable bonds is 6. The number of halogens is 1. The summed E-state index contributed by atoms with van der Waals surface area (Å²) in [6.07, 6.45) is -0.0783. The number of nitro benzene ring substituents is 1. The maximum atomic E-state index is 12.7. The summed E-state index contributed by atoms with van der Waals surface area (Å²) in [7, 11) is 0. The van der Waals surface area contributed by atoms with Gasteiger partial charge in [-0.1, -0.05) is 12.1 Å². The van der Waals surface area contributed by atoms with Gasteiger partial charge in [-0.05, 0) is 29.8 Å². The van der Waals surface area contributed by atoms with Crippen LogP contribution in [0.3, 0.4) is 0 Å². The summed E-state index contributed by atoms with van der Waals surface area (Å²) in [5.41, 5.74) is 0.816. The summed E-state index contributed by atoms with van der Waals surface area (Å²) >= 11 is 0. The zero-order valence-electron chi connectivity index (χ0n) is 12.4. The van der Waals surface area contributed by atoms with Gasteiger partial charge in [-0.15, -0.1) is 0 Å². The molecular weight excluding hydrogens is 319 g/mol. The summed E-state index contributed by atoms with van der Waals surface area (Å²) in [5.74, 6) is -1.61. The fourth-order valence-corrected chi connectivity index (χ4v) is 1.83. The first-order valence-electron chi connectivity index (χ1n) is 6.88. The maximum absolute atomic E-state index is 12.7. The second-order valence-corrected chi connectivity index (χ2v) is 4.82. The van der Waals surface area contributed by atoms with E-state index >= 15 is 0 Å². The van der Waals surface area contributed by atoms with Crippen LogP contribution in [-0.4, -0.2) is 23.4 Å². The van der Waals surface area contributed by atoms with Crippen molar-refractivity contribution in [3.63, 3.8) is 0 Å². The van der Waals surface area contributed by atoms with Crippen LogP contribution in [0.1, 0.15) is 5.56 Å². The Kier molecular flexibility index (Phi) is 5.56. The molecule has 0 saturated heterocycles. The van der Waals surface area contributed by atoms with Gasteiger partial charge in [0.05, 0.1) is 11.3 Å². The molecule has 0 aliphatic rings. The van der Waals surface area contributed by atoms with Gasteiger partial charge in [-0.2, -0.15) is 0 Å². The second-order valence-electron chi connectivity index (χ2n) is 4.82. The van der Waals surface area contributed by atoms with E-state index in [2.05, 4.69) is 5.32 Å². The number of carbonyl (C=O) groups excluding carboxylic acids is 2. The van der Waals surface area contributed by atoms with Gasteiger partial charge in [0, 0.05) is 17.8 Å². The summed E-state index contributed by atoms with van der Waals surface area (Å²) in [4.78, 5) is 33.2. The van der Waals surface area contributed by atoms with Crippen LogP contribution in [0.5, 0.6) is 0 Å². The molecule has 0 fully saturated rings. The Morgan fingerprint density at radius 3 is 2.29 bits per heavy atom. The van der Waals surface area contributed by atoms with Crippen molar-refractivity contribution in [3.05, 3.63) is 70.0 Å². The monoisotopic (exact) mass is 332 g/mol. The van der Waals surface area contributed by atoms with E-state index in [0.29, 0.717) is 11.3 Å². The Labute approximate surface area is 136 Å². The molecule has 0 saturated carbocycles. The minimum absolute atomic E-state index is 0.0783. The van der Waals surface area contributed by atoms with Gasteiger partial charge in [-0.3, -0.25) is 19.7 Å². The summed E-state index contributed by atoms with van der Waals surface area (Å²) in [6, 6.07) is 10.6. The lowest BCUT2D eigenvalue weighted by Gasteiger charge is -2.06. The number of ether oxygens (including phenoxy) is 1. The van der Waals surface area contributed by atoms with E-state index < -0.39 is 29.2 Å². The highest BCUT2D eigenvalue weighted by Crippen LogP contribution is 2.15. The van der Waals surface area contributed by atoms with E-state index in [0.717, 1.165) is 0 Å². The van der Waals surface area contributed by atoms with Gasteiger partial charge >= 0.3 is 5.97 Å². The van der Waals surface area contributed by atoms with Crippen LogP contribution in [0.25, 0.3) is 0 Å². The molecule has 0 radical (unpaired) electrons. The molecule has 2 rings (SSSR count). The molecule has 0 atom stereocenters. The second kappa shape index (κ2) is 7.82. The number of carbonyl (C=O) groups is 2. The van der Waals surface area contributed by atoms with E-state index in [1.165, 1.54) is 48.5 Å². The molecule has 0 aliphatic heterocycles. The maximum Gasteiger partial charge on any atom is 0.310 e. The van der Waals surface area contributed by atoms with Crippen molar-refractivity contribution in [2.24, 2.45) is 0 Å². The number of hydrogen-bond donors (Lipinski definition) is 1. The molecule has 0 aliphatic carbocycles. The first kappa shape index (κ1) is 17.1. The van der Waals surface area contributed by atoms with Crippen molar-refractivity contribution in [1.82, 2.24) is 0 Å². The number of hydrogen-bond acceptors (Lipinski definition) is 5. The fourth-order valence-electron chi connectivity index (χ4n) is 1.83. The Morgan fingerprint density at radius 2 is 1.71 bits per heavy atom. The van der Waals surface area contributed by atoms with Gasteiger partial charge in [0.2, 0.25) is 0 Å². The number of esters is 1. The normalized spacial score (nSPS) is 10.0. The highest BCUT2D eigenvalue weighted by Gasteiger charge is 2.10. The number of amides is 1. The van der Waals surface area contributed by atoms with Crippen molar-refractivity contribution < 1.29 is 23.6 Å². The Balaban J connectivity index is 1.78. The average molecular weight is 332 g/mol. The molecule has 0 bridgehead atoms. The summed E-state index contributed by atoms with van der Waals surface area (Å²) in [5, 5.41) is 13.0. The SMILES string of the molecule is O=C(COC(=O)Cc1ccc(F)cc1)Nc1ccc([N+](=O)[O-])cc1. The number of non-ortho nitro benzene ring substituents is 1. The van der Waals surface area contributed by atoms with E-state index in [1.807, 2.05) is 0 Å². The molecular formula is C16H13FN2O5. The standard InChI is InChI=1S/C16H13FN2O5/c17-12-3-1-11(2-4-12)9-16(21)24-10-15(20)18-13-5-7-14(8-6-13)19(22)23/h1-8H,9-10H2,(H,18,20). The minimum Gasteiger partial charge on any atom is -0.455 e. The summed E-state index contributed by atoms with van der Waals surface area (Å²) in [6.45, 7) is -0.489. The molecule has 0 spiro atoms. The Morgan fingerprint density at radius 1 is 1.08 bits per heavy atom. The van der Waals surface area contributed by atoms with Crippen molar-refractivity contribution in [2.45, 2.75) is 6.42 Å². The van der Waals surface area contributed by atoms with Crippen molar-refractivity contribution in [1.29, 1.82) is 0 Å². The first-order valence-corrected chi connectivity index (χ1v) is 6.88. The highest BCUT2D eigenvalue weighted by molar-refractivity contribution is 5.92. The molecule has 2 aromatic rings. The van der Waals surface area contributed by atoms with E-state index in [4.69, 9.17) is 4.74 Å². The molecule has 24 heavy (non-hydrogen) atoms. The van der Waals surface area contributed by atoms with Gasteiger partial charge in [0.15, 0.2) is 6.61 Å². The van der Waals surface area contributed by atoms with Crippen LogP contribution >= 0.6 is 0 Å². The average Bonchev–Trinajstić information content (AvgIpc) is 2.55. The third-order valence-electron chi connectivity index (χ3n) is 2.99. The lowest BCUT2D eigenvalue weighted by molar-refractivity contribution is -0.384. The summed E-state index contributed by atoms with van der Waals surface area (Å²) < 4.78 is 17.6. The molecule has 0 unspecified atom stereocenters. The van der Waals surface area contributed by atoms with Crippen LogP contribution in [0.4, 0.5) is 15.8 Å². The van der Waals surface area contributed by atoms with Crippen molar-refractivity contribution >= 4 is 23.3 Å². The molecule has 1 amide bonds. The van der Waals surface area contributed by atoms with Crippen LogP contribution in [-0.2, 0) is 20.7 Å². The van der Waals surface area contributed by atoms with E-state index in [9.17, 15) is 24.1 Å². The minimum atomic E-state index is -0.625. The topological polar surface area (TPSA) is 98.5 Å². The van der Waals surface area contributed by atoms with E-state index in [1.54, 1.807) is 0 Å². The van der Waals surface area contributed by atoms with Gasteiger partial charge in [-0.25, -0.2) is 4.39 Å². The van der Waals surface area contributed by atoms with Crippen molar-refractivity contribution in [2.75, 3.05) is 11.9 Å². The number of anilines is 1. The highest BCUT2D eigenvalue weighted by atomic mass is 19.1. The van der Waals surface area contributed by atoms with E-state index in [-0.39, 0.29) is 12.1 Å². The van der Waals surface area contributed by atoms with Crippen LogP contribution in [0.2, 0.25) is 0 Å². The van der Waals surface area contributed by atoms with Crippen LogP contribution in [0.15, 0.2) is 48.5 Å². The smallest absolute Gasteiger partial charge is 0.310 e. The number of nitrogens with zero attached hydrogens (tertiary/aromatic N) is 1. The Hall–Kier alpha value is -3.29. The number of benzene rings is 2. The molecule has 1 N–H and O–H groups in total. The number of nitrogens with one attached hydrogen (secondary N) is 1. The van der Waals surface area contributed by atoms with Crippen LogP contribution < -0.4 is 5.32 Å². The largest absolute Gasteiger partial charge is 0.455 e. The Bertz CT molecular complexity index is 744. The lowest BCUT2D eigenvalue weighted by atomic mass is 10.1. The molecule has 7 nitrogen and oxygen atoms in total. The predicted molar refractivity (Wildman–Crippen MR) is 82.8 cm³/mol. The fraction of sp³-hybridized carbons (Fsp3) is 0.125.